The first-order valence-electron chi connectivity index (χ1n) is 12.3. The number of likely N-dealkylation sites (tertiary alicyclic amines) is 1. The molecular formula is C27H34BrN3O. The largest absolute Gasteiger partial charge is 0.379 e. The Bertz CT molecular complexity index is 975. The van der Waals surface area contributed by atoms with Gasteiger partial charge in [-0.1, -0.05) is 52.3 Å². The van der Waals surface area contributed by atoms with E-state index in [0.29, 0.717) is 5.41 Å². The van der Waals surface area contributed by atoms with Crippen LogP contribution < -0.4 is 5.32 Å². The van der Waals surface area contributed by atoms with Gasteiger partial charge in [0, 0.05) is 56.3 Å². The maximum Gasteiger partial charge on any atom is 0.0594 e. The highest BCUT2D eigenvalue weighted by atomic mass is 79.9. The molecule has 3 unspecified atom stereocenters. The first-order valence-corrected chi connectivity index (χ1v) is 13.1. The summed E-state index contributed by atoms with van der Waals surface area (Å²) in [6, 6.07) is 16.9. The highest BCUT2D eigenvalue weighted by Gasteiger charge is 2.66. The molecule has 3 atom stereocenters. The Morgan fingerprint density at radius 2 is 1.94 bits per heavy atom. The third kappa shape index (κ3) is 4.07. The van der Waals surface area contributed by atoms with Crippen molar-refractivity contribution in [2.45, 2.75) is 38.4 Å². The molecule has 1 spiro atoms. The molecular weight excluding hydrogens is 462 g/mol. The molecule has 2 heterocycles. The number of piperidine rings is 1. The summed E-state index contributed by atoms with van der Waals surface area (Å²) in [5.41, 5.74) is 6.56. The molecule has 32 heavy (non-hydrogen) atoms. The minimum atomic E-state index is 0.579. The van der Waals surface area contributed by atoms with Crippen molar-refractivity contribution < 1.29 is 4.74 Å². The fourth-order valence-corrected chi connectivity index (χ4v) is 7.08. The standard InChI is InChI=1S/C27H34BrN3O/c28-25-13-20(5-6-23(25)17-29-7-8-30-9-11-32-12-10-30)18-31-19-24-16-27(24)15-22-4-2-1-3-21(22)14-26(27)31/h1-6,13,24,26,29H,7-12,14-19H2. The van der Waals surface area contributed by atoms with Gasteiger partial charge in [0.15, 0.2) is 0 Å². The fourth-order valence-electron chi connectivity index (χ4n) is 6.51. The second kappa shape index (κ2) is 8.84. The van der Waals surface area contributed by atoms with E-state index in [2.05, 4.69) is 73.5 Å². The molecule has 1 saturated carbocycles. The zero-order valence-electron chi connectivity index (χ0n) is 18.9. The zero-order valence-corrected chi connectivity index (χ0v) is 20.4. The molecule has 2 aliphatic heterocycles. The SMILES string of the molecule is Brc1cc(CN2CC3CC34Cc3ccccc3CC24)ccc1CNCCN1CCOCC1. The molecule has 170 valence electrons. The van der Waals surface area contributed by atoms with Gasteiger partial charge in [0.05, 0.1) is 13.2 Å². The topological polar surface area (TPSA) is 27.7 Å². The predicted molar refractivity (Wildman–Crippen MR) is 132 cm³/mol. The van der Waals surface area contributed by atoms with E-state index < -0.39 is 0 Å². The molecule has 0 aromatic heterocycles. The van der Waals surface area contributed by atoms with Crippen LogP contribution in [0.2, 0.25) is 0 Å². The third-order valence-electron chi connectivity index (χ3n) is 8.42. The van der Waals surface area contributed by atoms with Gasteiger partial charge in [-0.05, 0) is 58.9 Å². The number of benzene rings is 2. The van der Waals surface area contributed by atoms with Crippen molar-refractivity contribution in [3.05, 3.63) is 69.2 Å². The van der Waals surface area contributed by atoms with Crippen LogP contribution in [0.1, 0.15) is 28.7 Å². The number of hydrogen-bond acceptors (Lipinski definition) is 4. The van der Waals surface area contributed by atoms with Gasteiger partial charge in [0.25, 0.3) is 0 Å². The maximum atomic E-state index is 5.43. The lowest BCUT2D eigenvalue weighted by Gasteiger charge is -2.37. The van der Waals surface area contributed by atoms with Crippen LogP contribution in [0.15, 0.2) is 46.9 Å². The first-order chi connectivity index (χ1) is 15.7. The Morgan fingerprint density at radius 1 is 1.09 bits per heavy atom. The number of hydrogen-bond donors (Lipinski definition) is 1. The average molecular weight is 496 g/mol. The molecule has 3 fully saturated rings. The maximum absolute atomic E-state index is 5.43. The smallest absolute Gasteiger partial charge is 0.0594 e. The molecule has 2 aromatic rings. The Labute approximate surface area is 200 Å². The van der Waals surface area contributed by atoms with E-state index in [-0.39, 0.29) is 0 Å². The quantitative estimate of drug-likeness (QED) is 0.590. The molecule has 0 bridgehead atoms. The van der Waals surface area contributed by atoms with Crippen molar-refractivity contribution in [3.8, 4) is 0 Å². The van der Waals surface area contributed by atoms with Crippen LogP contribution in [-0.4, -0.2) is 61.8 Å². The average Bonchev–Trinajstić information content (AvgIpc) is 3.40. The summed E-state index contributed by atoms with van der Waals surface area (Å²) in [6.07, 6.45) is 3.98. The molecule has 4 aliphatic rings. The monoisotopic (exact) mass is 495 g/mol. The number of nitrogens with one attached hydrogen (secondary N) is 1. The summed E-state index contributed by atoms with van der Waals surface area (Å²) in [6.45, 7) is 9.26. The molecule has 2 aliphatic carbocycles. The Balaban J connectivity index is 1.05. The van der Waals surface area contributed by atoms with Crippen molar-refractivity contribution in [2.75, 3.05) is 45.9 Å². The van der Waals surface area contributed by atoms with Gasteiger partial charge in [-0.3, -0.25) is 9.80 Å². The number of fused-ring (bicyclic) bond motifs is 1. The number of nitrogens with zero attached hydrogens (tertiary/aromatic N) is 2. The fraction of sp³-hybridized carbons (Fsp3) is 0.556. The Hall–Kier alpha value is -1.24. The second-order valence-corrected chi connectivity index (χ2v) is 11.1. The van der Waals surface area contributed by atoms with E-state index in [0.717, 1.165) is 64.4 Å². The lowest BCUT2D eigenvalue weighted by molar-refractivity contribution is 0.0384. The third-order valence-corrected chi connectivity index (χ3v) is 9.16. The van der Waals surface area contributed by atoms with Gasteiger partial charge < -0.3 is 10.1 Å². The molecule has 4 nitrogen and oxygen atoms in total. The molecule has 0 radical (unpaired) electrons. The number of ether oxygens (including phenoxy) is 1. The van der Waals surface area contributed by atoms with Gasteiger partial charge >= 0.3 is 0 Å². The van der Waals surface area contributed by atoms with Crippen molar-refractivity contribution in [1.29, 1.82) is 0 Å². The Kier molecular flexibility index (Phi) is 5.89. The molecule has 2 aromatic carbocycles. The van der Waals surface area contributed by atoms with Gasteiger partial charge in [0.1, 0.15) is 0 Å². The van der Waals surface area contributed by atoms with E-state index in [9.17, 15) is 0 Å². The highest BCUT2D eigenvalue weighted by Crippen LogP contribution is 2.65. The van der Waals surface area contributed by atoms with Gasteiger partial charge in [-0.15, -0.1) is 0 Å². The number of morpholine rings is 1. The molecule has 0 amide bonds. The molecule has 5 heteroatoms. The number of halogens is 1. The molecule has 2 saturated heterocycles. The first kappa shape index (κ1) is 21.3. The van der Waals surface area contributed by atoms with E-state index in [1.165, 1.54) is 41.4 Å². The van der Waals surface area contributed by atoms with E-state index >= 15 is 0 Å². The van der Waals surface area contributed by atoms with Crippen LogP contribution in [-0.2, 0) is 30.7 Å². The number of rotatable bonds is 7. The lowest BCUT2D eigenvalue weighted by atomic mass is 9.77. The summed E-state index contributed by atoms with van der Waals surface area (Å²) >= 11 is 3.85. The zero-order chi connectivity index (χ0) is 21.5. The summed E-state index contributed by atoms with van der Waals surface area (Å²) in [7, 11) is 0. The van der Waals surface area contributed by atoms with Crippen LogP contribution in [0.5, 0.6) is 0 Å². The molecule has 6 rings (SSSR count). The van der Waals surface area contributed by atoms with Crippen LogP contribution >= 0.6 is 15.9 Å². The van der Waals surface area contributed by atoms with E-state index in [1.807, 2.05) is 0 Å². The second-order valence-electron chi connectivity index (χ2n) is 10.3. The summed E-state index contributed by atoms with van der Waals surface area (Å²) < 4.78 is 6.67. The highest BCUT2D eigenvalue weighted by molar-refractivity contribution is 9.10. The van der Waals surface area contributed by atoms with Crippen LogP contribution in [0.25, 0.3) is 0 Å². The predicted octanol–water partition coefficient (Wildman–Crippen LogP) is 3.86. The van der Waals surface area contributed by atoms with Crippen molar-refractivity contribution >= 4 is 15.9 Å². The minimum absolute atomic E-state index is 0.579. The van der Waals surface area contributed by atoms with E-state index in [4.69, 9.17) is 4.74 Å². The van der Waals surface area contributed by atoms with Gasteiger partial charge in [-0.2, -0.15) is 0 Å². The van der Waals surface area contributed by atoms with Gasteiger partial charge in [-0.25, -0.2) is 0 Å². The minimum Gasteiger partial charge on any atom is -0.379 e. The normalized spacial score (nSPS) is 29.4. The van der Waals surface area contributed by atoms with Crippen molar-refractivity contribution in [1.82, 2.24) is 15.1 Å². The van der Waals surface area contributed by atoms with Crippen molar-refractivity contribution in [3.63, 3.8) is 0 Å². The summed E-state index contributed by atoms with van der Waals surface area (Å²) in [5.74, 6) is 0.916. The van der Waals surface area contributed by atoms with Crippen LogP contribution in [0, 0.1) is 11.3 Å². The van der Waals surface area contributed by atoms with Crippen molar-refractivity contribution in [2.24, 2.45) is 11.3 Å². The van der Waals surface area contributed by atoms with Crippen LogP contribution in [0.3, 0.4) is 0 Å². The lowest BCUT2D eigenvalue weighted by Crippen LogP contribution is -2.41. The summed E-state index contributed by atoms with van der Waals surface area (Å²) in [5, 5.41) is 3.62. The summed E-state index contributed by atoms with van der Waals surface area (Å²) in [4.78, 5) is 5.26. The van der Waals surface area contributed by atoms with E-state index in [1.54, 1.807) is 11.1 Å². The Morgan fingerprint density at radius 3 is 2.78 bits per heavy atom. The molecule has 1 N–H and O–H groups in total. The van der Waals surface area contributed by atoms with Crippen LogP contribution in [0.4, 0.5) is 0 Å². The van der Waals surface area contributed by atoms with Gasteiger partial charge in [0.2, 0.25) is 0 Å².